The number of benzene rings is 1. The van der Waals surface area contributed by atoms with Crippen molar-refractivity contribution in [2.45, 2.75) is 47.0 Å². The molecule has 1 aromatic carbocycles. The summed E-state index contributed by atoms with van der Waals surface area (Å²) >= 11 is 0. The normalized spacial score (nSPS) is 21.8. The molecule has 35 heavy (non-hydrogen) atoms. The van der Waals surface area contributed by atoms with Gasteiger partial charge in [-0.3, -0.25) is 0 Å². The molecule has 1 aliphatic heterocycles. The number of hydrogen-bond donors (Lipinski definition) is 0. The third kappa shape index (κ3) is 9.38. The molecule has 0 spiro atoms. The van der Waals surface area contributed by atoms with Gasteiger partial charge in [-0.1, -0.05) is 85.4 Å². The first kappa shape index (κ1) is 26.8. The number of piperidine rings is 1. The highest BCUT2D eigenvalue weighted by atomic mass is 16.5. The summed E-state index contributed by atoms with van der Waals surface area (Å²) in [4.78, 5) is 2.64. The van der Waals surface area contributed by atoms with Gasteiger partial charge in [-0.05, 0) is 101 Å². The lowest BCUT2D eigenvalue weighted by Gasteiger charge is -2.34. The molecule has 3 rings (SSSR count). The fraction of sp³-hybridized carbons (Fsp3) is 0.394. The molecule has 0 aromatic heterocycles. The van der Waals surface area contributed by atoms with Crippen LogP contribution >= 0.6 is 0 Å². The van der Waals surface area contributed by atoms with Gasteiger partial charge in [0.25, 0.3) is 0 Å². The lowest BCUT2D eigenvalue weighted by atomic mass is 9.87. The minimum absolute atomic E-state index is 0.433. The molecule has 2 aliphatic rings. The standard InChI is InChI=1S/C33H43NO/c1-5-27(3)12-10-11-13-28(4)16-19-30(6-2)31-22-24-34(25-23-31)26-29-17-20-33(21-18-29)35-32-14-8-7-9-15-32/h5-17,19-21,28-29,31H,18,22-26H2,1-4H3/b12-10-,13-11+,19-16-,27-5+,30-6+. The van der Waals surface area contributed by atoms with Crippen molar-refractivity contribution in [3.63, 3.8) is 0 Å². The Morgan fingerprint density at radius 2 is 1.80 bits per heavy atom. The van der Waals surface area contributed by atoms with E-state index >= 15 is 0 Å². The Balaban J connectivity index is 1.40. The van der Waals surface area contributed by atoms with E-state index in [2.05, 4.69) is 99.4 Å². The molecule has 1 fully saturated rings. The van der Waals surface area contributed by atoms with Gasteiger partial charge in [-0.15, -0.1) is 0 Å². The predicted octanol–water partition coefficient (Wildman–Crippen LogP) is 8.45. The molecule has 0 bridgehead atoms. The smallest absolute Gasteiger partial charge is 0.127 e. The number of allylic oxidation sites excluding steroid dienone is 12. The largest absolute Gasteiger partial charge is 0.458 e. The molecule has 2 atom stereocenters. The lowest BCUT2D eigenvalue weighted by Crippen LogP contribution is -2.37. The Morgan fingerprint density at radius 1 is 1.03 bits per heavy atom. The molecule has 2 heteroatoms. The lowest BCUT2D eigenvalue weighted by molar-refractivity contribution is 0.183. The highest BCUT2D eigenvalue weighted by Crippen LogP contribution is 2.28. The van der Waals surface area contributed by atoms with Gasteiger partial charge in [-0.2, -0.15) is 0 Å². The first-order chi connectivity index (χ1) is 17.1. The van der Waals surface area contributed by atoms with Crippen molar-refractivity contribution in [3.05, 3.63) is 114 Å². The maximum absolute atomic E-state index is 5.97. The van der Waals surface area contributed by atoms with Gasteiger partial charge < -0.3 is 9.64 Å². The van der Waals surface area contributed by atoms with E-state index in [1.807, 2.05) is 30.3 Å². The number of hydrogen-bond acceptors (Lipinski definition) is 2. The minimum atomic E-state index is 0.433. The van der Waals surface area contributed by atoms with Crippen LogP contribution in [0.25, 0.3) is 0 Å². The monoisotopic (exact) mass is 469 g/mol. The van der Waals surface area contributed by atoms with Crippen LogP contribution in [0.5, 0.6) is 5.75 Å². The van der Waals surface area contributed by atoms with Crippen LogP contribution in [0.1, 0.15) is 47.0 Å². The first-order valence-corrected chi connectivity index (χ1v) is 13.2. The zero-order valence-corrected chi connectivity index (χ0v) is 22.1. The molecule has 1 aliphatic carbocycles. The Kier molecular flexibility index (Phi) is 11.1. The number of nitrogens with zero attached hydrogens (tertiary/aromatic N) is 1. The van der Waals surface area contributed by atoms with Crippen molar-refractivity contribution in [3.8, 4) is 5.75 Å². The van der Waals surface area contributed by atoms with Crippen LogP contribution in [0.15, 0.2) is 114 Å². The van der Waals surface area contributed by atoms with Gasteiger partial charge in [0.05, 0.1) is 0 Å². The second kappa shape index (κ2) is 14.5. The summed E-state index contributed by atoms with van der Waals surface area (Å²) in [5.74, 6) is 3.55. The third-order valence-corrected chi connectivity index (χ3v) is 6.95. The van der Waals surface area contributed by atoms with Crippen LogP contribution in [0.4, 0.5) is 0 Å². The molecule has 1 heterocycles. The summed E-state index contributed by atoms with van der Waals surface area (Å²) in [6, 6.07) is 10.0. The molecule has 2 nitrogen and oxygen atoms in total. The van der Waals surface area contributed by atoms with E-state index in [0.29, 0.717) is 17.8 Å². The highest BCUT2D eigenvalue weighted by molar-refractivity contribution is 5.28. The molecule has 1 aromatic rings. The van der Waals surface area contributed by atoms with Crippen molar-refractivity contribution in [2.24, 2.45) is 17.8 Å². The Labute approximate surface area is 213 Å². The molecule has 186 valence electrons. The van der Waals surface area contributed by atoms with Crippen molar-refractivity contribution < 1.29 is 4.74 Å². The number of ether oxygens (including phenoxy) is 1. The van der Waals surface area contributed by atoms with Crippen LogP contribution in [-0.4, -0.2) is 24.5 Å². The zero-order chi connectivity index (χ0) is 24.9. The van der Waals surface area contributed by atoms with Crippen LogP contribution in [-0.2, 0) is 0 Å². The molecule has 0 N–H and O–H groups in total. The van der Waals surface area contributed by atoms with E-state index in [4.69, 9.17) is 4.74 Å². The average molecular weight is 470 g/mol. The summed E-state index contributed by atoms with van der Waals surface area (Å²) in [6.07, 6.45) is 28.1. The van der Waals surface area contributed by atoms with Crippen LogP contribution in [0.2, 0.25) is 0 Å². The first-order valence-electron chi connectivity index (χ1n) is 13.2. The quantitative estimate of drug-likeness (QED) is 0.319. The predicted molar refractivity (Wildman–Crippen MR) is 151 cm³/mol. The number of likely N-dealkylation sites (tertiary alicyclic amines) is 1. The minimum Gasteiger partial charge on any atom is -0.458 e. The van der Waals surface area contributed by atoms with E-state index in [0.717, 1.165) is 24.5 Å². The van der Waals surface area contributed by atoms with Gasteiger partial charge in [0.15, 0.2) is 0 Å². The summed E-state index contributed by atoms with van der Waals surface area (Å²) in [5.41, 5.74) is 2.78. The molecule has 2 unspecified atom stereocenters. The number of rotatable bonds is 10. The van der Waals surface area contributed by atoms with Crippen molar-refractivity contribution in [2.75, 3.05) is 19.6 Å². The summed E-state index contributed by atoms with van der Waals surface area (Å²) in [7, 11) is 0. The van der Waals surface area contributed by atoms with Gasteiger partial charge in [0.1, 0.15) is 11.5 Å². The van der Waals surface area contributed by atoms with Crippen LogP contribution in [0, 0.1) is 17.8 Å². The topological polar surface area (TPSA) is 12.5 Å². The van der Waals surface area contributed by atoms with E-state index in [1.54, 1.807) is 0 Å². The summed E-state index contributed by atoms with van der Waals surface area (Å²) in [5, 5.41) is 0. The highest BCUT2D eigenvalue weighted by Gasteiger charge is 2.23. The van der Waals surface area contributed by atoms with Crippen molar-refractivity contribution in [1.29, 1.82) is 0 Å². The molecular formula is C33H43NO. The molecule has 1 saturated heterocycles. The molecule has 0 saturated carbocycles. The maximum atomic E-state index is 5.97. The fourth-order valence-electron chi connectivity index (χ4n) is 4.60. The molecular weight excluding hydrogens is 426 g/mol. The Morgan fingerprint density at radius 3 is 2.46 bits per heavy atom. The van der Waals surface area contributed by atoms with E-state index in [-0.39, 0.29) is 0 Å². The van der Waals surface area contributed by atoms with Crippen molar-refractivity contribution in [1.82, 2.24) is 4.90 Å². The van der Waals surface area contributed by atoms with Crippen LogP contribution in [0.3, 0.4) is 0 Å². The average Bonchev–Trinajstić information content (AvgIpc) is 2.89. The fourth-order valence-corrected chi connectivity index (χ4v) is 4.60. The second-order valence-corrected chi connectivity index (χ2v) is 9.74. The Hall–Kier alpha value is -2.84. The van der Waals surface area contributed by atoms with E-state index in [9.17, 15) is 0 Å². The van der Waals surface area contributed by atoms with Crippen LogP contribution < -0.4 is 4.74 Å². The maximum Gasteiger partial charge on any atom is 0.127 e. The van der Waals surface area contributed by atoms with E-state index < -0.39 is 0 Å². The Bertz CT molecular complexity index is 981. The van der Waals surface area contributed by atoms with Crippen molar-refractivity contribution >= 4 is 0 Å². The van der Waals surface area contributed by atoms with Gasteiger partial charge in [0.2, 0.25) is 0 Å². The summed E-state index contributed by atoms with van der Waals surface area (Å²) < 4.78 is 5.97. The molecule has 0 radical (unpaired) electrons. The van der Waals surface area contributed by atoms with Gasteiger partial charge in [0, 0.05) is 6.54 Å². The van der Waals surface area contributed by atoms with E-state index in [1.165, 1.54) is 37.1 Å². The summed E-state index contributed by atoms with van der Waals surface area (Å²) in [6.45, 7) is 12.1. The zero-order valence-electron chi connectivity index (χ0n) is 22.1. The number of para-hydroxylation sites is 1. The molecule has 0 amide bonds. The second-order valence-electron chi connectivity index (χ2n) is 9.74. The van der Waals surface area contributed by atoms with Gasteiger partial charge >= 0.3 is 0 Å². The third-order valence-electron chi connectivity index (χ3n) is 6.95. The van der Waals surface area contributed by atoms with Gasteiger partial charge in [-0.25, -0.2) is 0 Å². The SMILES string of the molecule is C/C=C(\C=C/C(C)/C=C/C=C\C(C)=C\C)C1CCN(CC2C=CC(Oc3ccccc3)=CC2)CC1.